The summed E-state index contributed by atoms with van der Waals surface area (Å²) in [5.41, 5.74) is 1.29. The van der Waals surface area contributed by atoms with Crippen molar-refractivity contribution in [3.05, 3.63) is 35.8 Å². The highest BCUT2D eigenvalue weighted by Crippen LogP contribution is 2.26. The monoisotopic (exact) mass is 283 g/mol. The van der Waals surface area contributed by atoms with Gasteiger partial charge in [0.25, 0.3) is 0 Å². The van der Waals surface area contributed by atoms with E-state index in [2.05, 4.69) is 0 Å². The number of sulfone groups is 1. The molecule has 0 amide bonds. The van der Waals surface area contributed by atoms with Gasteiger partial charge in [-0.05, 0) is 38.5 Å². The molecule has 2 rings (SSSR count). The van der Waals surface area contributed by atoms with Gasteiger partial charge < -0.3 is 4.57 Å². The highest BCUT2D eigenvalue weighted by Gasteiger charge is 2.21. The van der Waals surface area contributed by atoms with E-state index < -0.39 is 15.1 Å². The molecule has 0 saturated carbocycles. The van der Waals surface area contributed by atoms with Crippen molar-refractivity contribution in [2.45, 2.75) is 38.3 Å². The van der Waals surface area contributed by atoms with E-state index in [1.807, 2.05) is 17.6 Å². The molecule has 19 heavy (non-hydrogen) atoms. The molecule has 0 aliphatic heterocycles. The third kappa shape index (κ3) is 2.52. The molecule has 0 unspecified atom stereocenters. The molecule has 5 heteroatoms. The molecule has 3 nitrogen and oxygen atoms in total. The fourth-order valence-corrected chi connectivity index (χ4v) is 3.13. The zero-order chi connectivity index (χ0) is 14.2. The van der Waals surface area contributed by atoms with Gasteiger partial charge in [-0.2, -0.15) is 0 Å². The van der Waals surface area contributed by atoms with Gasteiger partial charge in [-0.25, -0.2) is 12.8 Å². The third-order valence-electron chi connectivity index (χ3n) is 3.35. The number of hydrogen-bond acceptors (Lipinski definition) is 2. The van der Waals surface area contributed by atoms with Crippen molar-refractivity contribution in [1.29, 1.82) is 0 Å². The first-order chi connectivity index (χ1) is 8.86. The average Bonchev–Trinajstić information content (AvgIpc) is 2.68. The smallest absolute Gasteiger partial charge is 0.156 e. The minimum absolute atomic E-state index is 0.116. The van der Waals surface area contributed by atoms with Crippen molar-refractivity contribution in [3.63, 3.8) is 0 Å². The van der Waals surface area contributed by atoms with Gasteiger partial charge >= 0.3 is 0 Å². The van der Waals surface area contributed by atoms with E-state index >= 15 is 0 Å². The molecule has 0 spiro atoms. The molecule has 0 saturated heterocycles. The Balaban J connectivity index is 2.62. The molecular formula is C14H18FNO2S. The van der Waals surface area contributed by atoms with Crippen LogP contribution < -0.4 is 0 Å². The average molecular weight is 283 g/mol. The van der Waals surface area contributed by atoms with E-state index in [0.29, 0.717) is 17.5 Å². The van der Waals surface area contributed by atoms with E-state index in [0.717, 1.165) is 5.52 Å². The molecular weight excluding hydrogens is 265 g/mol. The minimum atomic E-state index is -3.23. The van der Waals surface area contributed by atoms with Crippen molar-refractivity contribution in [2.24, 2.45) is 0 Å². The number of aromatic nitrogens is 1. The molecule has 0 N–H and O–H groups in total. The lowest BCUT2D eigenvalue weighted by Crippen LogP contribution is -2.16. The Bertz CT molecular complexity index is 702. The van der Waals surface area contributed by atoms with E-state index in [4.69, 9.17) is 0 Å². The number of fused-ring (bicyclic) bond motifs is 1. The standard InChI is InChI=1S/C14H18FNO2S/c1-4-16-8-11(9-19(17,18)10(2)3)14-12(15)6-5-7-13(14)16/h5-8,10H,4,9H2,1-3H3. The second kappa shape index (κ2) is 4.96. The predicted octanol–water partition coefficient (Wildman–Crippen LogP) is 3.12. The fraction of sp³-hybridized carbons (Fsp3) is 0.429. The molecule has 1 aromatic heterocycles. The quantitative estimate of drug-likeness (QED) is 0.864. The van der Waals surface area contributed by atoms with E-state index in [1.54, 1.807) is 26.1 Å². The zero-order valence-corrected chi connectivity index (χ0v) is 12.2. The molecule has 0 radical (unpaired) electrons. The molecule has 104 valence electrons. The number of aryl methyl sites for hydroxylation is 1. The molecule has 0 aliphatic rings. The summed E-state index contributed by atoms with van der Waals surface area (Å²) in [4.78, 5) is 0. The molecule has 0 bridgehead atoms. The van der Waals surface area contributed by atoms with Gasteiger partial charge in [0.2, 0.25) is 0 Å². The second-order valence-corrected chi connectivity index (χ2v) is 7.49. The van der Waals surface area contributed by atoms with Crippen LogP contribution in [-0.2, 0) is 22.1 Å². The van der Waals surface area contributed by atoms with Crippen molar-refractivity contribution in [3.8, 4) is 0 Å². The third-order valence-corrected chi connectivity index (χ3v) is 5.50. The van der Waals surface area contributed by atoms with Crippen LogP contribution in [-0.4, -0.2) is 18.2 Å². The summed E-state index contributed by atoms with van der Waals surface area (Å²) in [6, 6.07) is 4.83. The van der Waals surface area contributed by atoms with Crippen LogP contribution in [0.1, 0.15) is 26.3 Å². The highest BCUT2D eigenvalue weighted by atomic mass is 32.2. The van der Waals surface area contributed by atoms with Crippen LogP contribution in [0.15, 0.2) is 24.4 Å². The number of hydrogen-bond donors (Lipinski definition) is 0. The van der Waals surface area contributed by atoms with Gasteiger partial charge in [0.05, 0.1) is 16.5 Å². The van der Waals surface area contributed by atoms with Crippen molar-refractivity contribution in [2.75, 3.05) is 0 Å². The summed E-state index contributed by atoms with van der Waals surface area (Å²) in [5, 5.41) is -0.0344. The van der Waals surface area contributed by atoms with Crippen LogP contribution in [0.25, 0.3) is 10.9 Å². The topological polar surface area (TPSA) is 39.1 Å². The van der Waals surface area contributed by atoms with Crippen molar-refractivity contribution < 1.29 is 12.8 Å². The van der Waals surface area contributed by atoms with Crippen LogP contribution in [0.5, 0.6) is 0 Å². The summed E-state index contributed by atoms with van der Waals surface area (Å²) in [6.07, 6.45) is 1.74. The van der Waals surface area contributed by atoms with Crippen molar-refractivity contribution in [1.82, 2.24) is 4.57 Å². The summed E-state index contributed by atoms with van der Waals surface area (Å²) < 4.78 is 39.9. The van der Waals surface area contributed by atoms with Crippen LogP contribution in [0.4, 0.5) is 4.39 Å². The van der Waals surface area contributed by atoms with Crippen LogP contribution in [0.3, 0.4) is 0 Å². The van der Waals surface area contributed by atoms with Gasteiger partial charge in [-0.1, -0.05) is 6.07 Å². The van der Waals surface area contributed by atoms with Crippen molar-refractivity contribution >= 4 is 20.7 Å². The Labute approximate surface area is 113 Å². The Morgan fingerprint density at radius 3 is 2.58 bits per heavy atom. The molecule has 0 atom stereocenters. The van der Waals surface area contributed by atoms with E-state index in [9.17, 15) is 12.8 Å². The number of nitrogens with zero attached hydrogens (tertiary/aromatic N) is 1. The number of halogens is 1. The predicted molar refractivity (Wildman–Crippen MR) is 75.3 cm³/mol. The highest BCUT2D eigenvalue weighted by molar-refractivity contribution is 7.91. The lowest BCUT2D eigenvalue weighted by atomic mass is 10.2. The van der Waals surface area contributed by atoms with E-state index in [-0.39, 0.29) is 11.6 Å². The molecule has 0 fully saturated rings. The first-order valence-electron chi connectivity index (χ1n) is 6.34. The number of rotatable bonds is 4. The largest absolute Gasteiger partial charge is 0.347 e. The van der Waals surface area contributed by atoms with Crippen LogP contribution >= 0.6 is 0 Å². The summed E-state index contributed by atoms with van der Waals surface area (Å²) >= 11 is 0. The summed E-state index contributed by atoms with van der Waals surface area (Å²) in [7, 11) is -3.23. The Morgan fingerprint density at radius 2 is 2.00 bits per heavy atom. The van der Waals surface area contributed by atoms with Gasteiger partial charge in [0, 0.05) is 18.1 Å². The second-order valence-electron chi connectivity index (χ2n) is 4.93. The fourth-order valence-electron chi connectivity index (χ4n) is 2.15. The maximum absolute atomic E-state index is 14.0. The Hall–Kier alpha value is -1.36. The van der Waals surface area contributed by atoms with Crippen LogP contribution in [0.2, 0.25) is 0 Å². The molecule has 0 aliphatic carbocycles. The molecule has 1 aromatic carbocycles. The summed E-state index contributed by atoms with van der Waals surface area (Å²) in [6.45, 7) is 5.92. The molecule has 1 heterocycles. The minimum Gasteiger partial charge on any atom is -0.347 e. The SMILES string of the molecule is CCn1cc(CS(=O)(=O)C(C)C)c2c(F)cccc21. The van der Waals surface area contributed by atoms with Crippen LogP contribution in [0, 0.1) is 5.82 Å². The normalized spacial score (nSPS) is 12.5. The van der Waals surface area contributed by atoms with Gasteiger partial charge in [-0.3, -0.25) is 0 Å². The zero-order valence-electron chi connectivity index (χ0n) is 11.4. The Kier molecular flexibility index (Phi) is 3.67. The lowest BCUT2D eigenvalue weighted by molar-refractivity contribution is 0.586. The van der Waals surface area contributed by atoms with Gasteiger partial charge in [-0.15, -0.1) is 0 Å². The number of benzene rings is 1. The maximum atomic E-state index is 14.0. The van der Waals surface area contributed by atoms with Gasteiger partial charge in [0.1, 0.15) is 5.82 Å². The van der Waals surface area contributed by atoms with Gasteiger partial charge in [0.15, 0.2) is 9.84 Å². The Morgan fingerprint density at radius 1 is 1.32 bits per heavy atom. The first-order valence-corrected chi connectivity index (χ1v) is 8.06. The first kappa shape index (κ1) is 14.1. The molecule has 2 aromatic rings. The summed E-state index contributed by atoms with van der Waals surface area (Å²) in [5.74, 6) is -0.478. The lowest BCUT2D eigenvalue weighted by Gasteiger charge is -2.06. The maximum Gasteiger partial charge on any atom is 0.156 e. The van der Waals surface area contributed by atoms with E-state index in [1.165, 1.54) is 6.07 Å².